The molecule has 6 heteroatoms. The van der Waals surface area contributed by atoms with Gasteiger partial charge in [0.2, 0.25) is 5.91 Å². The Kier molecular flexibility index (Phi) is 6.79. The highest BCUT2D eigenvalue weighted by atomic mass is 79.9. The zero-order valence-electron chi connectivity index (χ0n) is 10.4. The Bertz CT molecular complexity index is 414. The number of carbonyl (C=O) groups is 1. The summed E-state index contributed by atoms with van der Waals surface area (Å²) < 4.78 is 1.06. The molecule has 1 amide bonds. The third-order valence-electron chi connectivity index (χ3n) is 3.05. The van der Waals surface area contributed by atoms with E-state index < -0.39 is 6.10 Å². The van der Waals surface area contributed by atoms with Crippen LogP contribution < -0.4 is 10.6 Å². The van der Waals surface area contributed by atoms with Crippen LogP contribution in [-0.2, 0) is 11.2 Å². The molecule has 0 radical (unpaired) electrons. The first-order valence-electron chi connectivity index (χ1n) is 6.09. The summed E-state index contributed by atoms with van der Waals surface area (Å²) in [4.78, 5) is 11.7. The van der Waals surface area contributed by atoms with Gasteiger partial charge in [-0.05, 0) is 30.5 Å². The number of nitrogens with one attached hydrogen (secondary N) is 2. The summed E-state index contributed by atoms with van der Waals surface area (Å²) in [6.07, 6.45) is 0.922. The minimum Gasteiger partial charge on any atom is -0.392 e. The Balaban J connectivity index is 0.00000180. The van der Waals surface area contributed by atoms with E-state index in [4.69, 9.17) is 0 Å². The van der Waals surface area contributed by atoms with Gasteiger partial charge in [0, 0.05) is 17.6 Å². The molecule has 0 aromatic heterocycles. The molecule has 0 spiro atoms. The fraction of sp³-hybridized carbons (Fsp3) is 0.462. The summed E-state index contributed by atoms with van der Waals surface area (Å²) >= 11 is 3.39. The van der Waals surface area contributed by atoms with Crippen LogP contribution in [0.1, 0.15) is 12.0 Å². The van der Waals surface area contributed by atoms with E-state index in [1.165, 1.54) is 5.56 Å². The number of halogens is 2. The number of aliphatic hydroxyl groups is 1. The lowest BCUT2D eigenvalue weighted by atomic mass is 10.1. The number of aliphatic hydroxyl groups excluding tert-OH is 1. The van der Waals surface area contributed by atoms with E-state index in [-0.39, 0.29) is 24.4 Å². The smallest absolute Gasteiger partial charge is 0.237 e. The van der Waals surface area contributed by atoms with Gasteiger partial charge in [-0.1, -0.05) is 28.1 Å². The first kappa shape index (κ1) is 16.4. The van der Waals surface area contributed by atoms with Crippen molar-refractivity contribution in [1.82, 2.24) is 10.6 Å². The van der Waals surface area contributed by atoms with Crippen LogP contribution in [0, 0.1) is 0 Å². The maximum absolute atomic E-state index is 11.7. The normalized spacial score (nSPS) is 21.8. The van der Waals surface area contributed by atoms with E-state index in [9.17, 15) is 9.90 Å². The molecule has 2 unspecified atom stereocenters. The molecule has 1 aliphatic heterocycles. The van der Waals surface area contributed by atoms with Crippen LogP contribution in [0.3, 0.4) is 0 Å². The monoisotopic (exact) mass is 348 g/mol. The van der Waals surface area contributed by atoms with Crippen LogP contribution in [-0.4, -0.2) is 36.2 Å². The van der Waals surface area contributed by atoms with Crippen molar-refractivity contribution in [3.05, 3.63) is 34.3 Å². The van der Waals surface area contributed by atoms with Crippen molar-refractivity contribution in [1.29, 1.82) is 0 Å². The first-order chi connectivity index (χ1) is 8.65. The lowest BCUT2D eigenvalue weighted by molar-refractivity contribution is -0.122. The molecule has 1 heterocycles. The maximum Gasteiger partial charge on any atom is 0.237 e. The van der Waals surface area contributed by atoms with E-state index in [1.807, 2.05) is 24.3 Å². The van der Waals surface area contributed by atoms with Gasteiger partial charge in [0.05, 0.1) is 12.1 Å². The number of carbonyl (C=O) groups excluding carboxylic acids is 1. The highest BCUT2D eigenvalue weighted by molar-refractivity contribution is 9.10. The molecule has 19 heavy (non-hydrogen) atoms. The fourth-order valence-corrected chi connectivity index (χ4v) is 2.29. The van der Waals surface area contributed by atoms with Crippen LogP contribution in [0.2, 0.25) is 0 Å². The van der Waals surface area contributed by atoms with Crippen LogP contribution in [0.25, 0.3) is 0 Å². The van der Waals surface area contributed by atoms with E-state index >= 15 is 0 Å². The van der Waals surface area contributed by atoms with Gasteiger partial charge < -0.3 is 15.7 Å². The van der Waals surface area contributed by atoms with Crippen molar-refractivity contribution in [2.75, 3.05) is 13.1 Å². The molecule has 0 bridgehead atoms. The third kappa shape index (κ3) is 5.10. The molecule has 4 nitrogen and oxygen atoms in total. The Morgan fingerprint density at radius 3 is 2.68 bits per heavy atom. The lowest BCUT2D eigenvalue weighted by Crippen LogP contribution is -2.41. The fourth-order valence-electron chi connectivity index (χ4n) is 2.02. The summed E-state index contributed by atoms with van der Waals surface area (Å²) in [7, 11) is 0. The third-order valence-corrected chi connectivity index (χ3v) is 3.58. The van der Waals surface area contributed by atoms with E-state index in [2.05, 4.69) is 26.6 Å². The Hall–Kier alpha value is -0.620. The summed E-state index contributed by atoms with van der Waals surface area (Å²) in [5.41, 5.74) is 1.19. The van der Waals surface area contributed by atoms with Crippen LogP contribution >= 0.6 is 28.3 Å². The summed E-state index contributed by atoms with van der Waals surface area (Å²) in [6.45, 7) is 1.12. The molecule has 1 aromatic rings. The van der Waals surface area contributed by atoms with Gasteiger partial charge in [0.15, 0.2) is 0 Å². The molecular formula is C13H18BrClN2O2. The van der Waals surface area contributed by atoms with Crippen LogP contribution in [0.4, 0.5) is 0 Å². The molecule has 2 rings (SSSR count). The van der Waals surface area contributed by atoms with Crippen molar-refractivity contribution >= 4 is 34.2 Å². The SMILES string of the molecule is Cl.O=C(NCCc1ccc(Br)cc1)C1CC(O)CN1. The van der Waals surface area contributed by atoms with Gasteiger partial charge in [0.25, 0.3) is 0 Å². The van der Waals surface area contributed by atoms with Gasteiger partial charge in [-0.15, -0.1) is 12.4 Å². The minimum atomic E-state index is -0.396. The van der Waals surface area contributed by atoms with E-state index in [0.717, 1.165) is 10.9 Å². The average molecular weight is 350 g/mol. The molecule has 106 valence electrons. The van der Waals surface area contributed by atoms with Gasteiger partial charge >= 0.3 is 0 Å². The predicted molar refractivity (Wildman–Crippen MR) is 80.5 cm³/mol. The van der Waals surface area contributed by atoms with Crippen LogP contribution in [0.15, 0.2) is 28.7 Å². The number of rotatable bonds is 4. The molecule has 2 atom stereocenters. The lowest BCUT2D eigenvalue weighted by Gasteiger charge is -2.10. The highest BCUT2D eigenvalue weighted by Gasteiger charge is 2.27. The van der Waals surface area contributed by atoms with E-state index in [0.29, 0.717) is 19.5 Å². The van der Waals surface area contributed by atoms with Gasteiger partial charge in [-0.3, -0.25) is 4.79 Å². The molecule has 0 saturated carbocycles. The van der Waals surface area contributed by atoms with Crippen molar-refractivity contribution in [3.63, 3.8) is 0 Å². The van der Waals surface area contributed by atoms with Crippen LogP contribution in [0.5, 0.6) is 0 Å². The molecule has 3 N–H and O–H groups in total. The standard InChI is InChI=1S/C13H17BrN2O2.ClH/c14-10-3-1-9(2-4-10)5-6-15-13(18)12-7-11(17)8-16-12;/h1-4,11-12,16-17H,5-8H2,(H,15,18);1H. The van der Waals surface area contributed by atoms with Gasteiger partial charge in [-0.25, -0.2) is 0 Å². The Morgan fingerprint density at radius 1 is 1.42 bits per heavy atom. The van der Waals surface area contributed by atoms with Gasteiger partial charge in [-0.2, -0.15) is 0 Å². The molecule has 0 aliphatic carbocycles. The number of amides is 1. The molecular weight excluding hydrogens is 332 g/mol. The van der Waals surface area contributed by atoms with E-state index in [1.54, 1.807) is 0 Å². The Labute approximate surface area is 127 Å². The second-order valence-corrected chi connectivity index (χ2v) is 5.43. The summed E-state index contributed by atoms with van der Waals surface area (Å²) in [5.74, 6) is -0.0244. The maximum atomic E-state index is 11.7. The van der Waals surface area contributed by atoms with Crippen molar-refractivity contribution in [3.8, 4) is 0 Å². The second kappa shape index (κ2) is 7.85. The van der Waals surface area contributed by atoms with Gasteiger partial charge in [0.1, 0.15) is 0 Å². The number of benzene rings is 1. The predicted octanol–water partition coefficient (Wildman–Crippen LogP) is 1.25. The molecule has 1 aliphatic rings. The highest BCUT2D eigenvalue weighted by Crippen LogP contribution is 2.10. The summed E-state index contributed by atoms with van der Waals surface area (Å²) in [5, 5.41) is 15.2. The number of hydrogen-bond acceptors (Lipinski definition) is 3. The largest absolute Gasteiger partial charge is 0.392 e. The second-order valence-electron chi connectivity index (χ2n) is 4.52. The van der Waals surface area contributed by atoms with Crippen molar-refractivity contribution in [2.45, 2.75) is 25.0 Å². The first-order valence-corrected chi connectivity index (χ1v) is 6.88. The molecule has 1 fully saturated rings. The molecule has 1 saturated heterocycles. The number of hydrogen-bond donors (Lipinski definition) is 3. The van der Waals surface area contributed by atoms with Crippen molar-refractivity contribution < 1.29 is 9.90 Å². The average Bonchev–Trinajstić information content (AvgIpc) is 2.78. The minimum absolute atomic E-state index is 0. The topological polar surface area (TPSA) is 61.4 Å². The quantitative estimate of drug-likeness (QED) is 0.767. The zero-order valence-corrected chi connectivity index (χ0v) is 12.8. The zero-order chi connectivity index (χ0) is 13.0. The Morgan fingerprint density at radius 2 is 2.11 bits per heavy atom. The van der Waals surface area contributed by atoms with Crippen molar-refractivity contribution in [2.24, 2.45) is 0 Å². The summed E-state index contributed by atoms with van der Waals surface area (Å²) in [6, 6.07) is 7.81. The molecule has 1 aromatic carbocycles. The number of β-amino-alcohol motifs (C(OH)–C–C–N with tert-alkyl or cyclic N) is 1.